The zero-order chi connectivity index (χ0) is 21.1. The first-order chi connectivity index (χ1) is 14.4. The lowest BCUT2D eigenvalue weighted by Gasteiger charge is -2.30. The van der Waals surface area contributed by atoms with Crippen molar-refractivity contribution < 1.29 is 9.00 Å². The molecule has 0 aromatic heterocycles. The number of nitrogens with one attached hydrogen (secondary N) is 1. The van der Waals surface area contributed by atoms with Crippen LogP contribution >= 0.6 is 11.6 Å². The molecule has 3 aromatic rings. The number of nitrogens with zero attached hydrogens (tertiary/aromatic N) is 1. The zero-order valence-corrected chi connectivity index (χ0v) is 18.0. The number of amides is 1. The molecule has 4 rings (SSSR count). The van der Waals surface area contributed by atoms with Crippen LogP contribution in [-0.2, 0) is 21.0 Å². The van der Waals surface area contributed by atoms with Gasteiger partial charge in [-0.15, -0.1) is 0 Å². The Kier molecular flexibility index (Phi) is 5.95. The number of carbonyl (C=O) groups excluding carboxylic acids is 1. The zero-order valence-electron chi connectivity index (χ0n) is 16.4. The lowest BCUT2D eigenvalue weighted by molar-refractivity contribution is -0.129. The normalized spacial score (nSPS) is 20.8. The lowest BCUT2D eigenvalue weighted by Crippen LogP contribution is -2.39. The SMILES string of the molecule is C=S(=O)(NC1CC(=O)N(Cc2ccccc2)C1c1ccccc1)c1ccc(Cl)cc1. The van der Waals surface area contributed by atoms with Gasteiger partial charge in [0.15, 0.2) is 0 Å². The summed E-state index contributed by atoms with van der Waals surface area (Å²) in [4.78, 5) is 15.4. The summed E-state index contributed by atoms with van der Waals surface area (Å²) in [6.07, 6.45) is 0.256. The first kappa shape index (κ1) is 20.7. The largest absolute Gasteiger partial charge is 0.330 e. The third-order valence-electron chi connectivity index (χ3n) is 5.30. The highest BCUT2D eigenvalue weighted by atomic mass is 35.5. The monoisotopic (exact) mass is 438 g/mol. The van der Waals surface area contributed by atoms with Gasteiger partial charge in [0.05, 0.1) is 21.8 Å². The van der Waals surface area contributed by atoms with Crippen molar-refractivity contribution in [3.8, 4) is 0 Å². The minimum Gasteiger partial charge on any atom is -0.330 e. The van der Waals surface area contributed by atoms with Crippen molar-refractivity contribution in [3.63, 3.8) is 0 Å². The fraction of sp³-hybridized carbons (Fsp3) is 0.167. The van der Waals surface area contributed by atoms with Crippen LogP contribution in [0.2, 0.25) is 5.02 Å². The number of halogens is 1. The number of hydrogen-bond acceptors (Lipinski definition) is 2. The molecule has 3 unspecified atom stereocenters. The summed E-state index contributed by atoms with van der Waals surface area (Å²) in [5.41, 5.74) is 2.06. The van der Waals surface area contributed by atoms with Gasteiger partial charge in [-0.25, -0.2) is 8.93 Å². The Balaban J connectivity index is 1.66. The smallest absolute Gasteiger partial charge is 0.225 e. The van der Waals surface area contributed by atoms with E-state index in [-0.39, 0.29) is 24.4 Å². The van der Waals surface area contributed by atoms with E-state index >= 15 is 0 Å². The maximum Gasteiger partial charge on any atom is 0.225 e. The highest BCUT2D eigenvalue weighted by Crippen LogP contribution is 2.35. The summed E-state index contributed by atoms with van der Waals surface area (Å²) in [7, 11) is -2.81. The Bertz CT molecular complexity index is 1120. The molecule has 4 nitrogen and oxygen atoms in total. The standard InChI is InChI=1S/C24H23ClN2O2S/c1-30(29,21-14-12-20(25)13-15-21)26-22-16-23(28)27(17-18-8-4-2-5-9-18)24(22)19-10-6-3-7-11-19/h2-15,22,24H,1,16-17H2,(H,26,29). The first-order valence-corrected chi connectivity index (χ1v) is 11.8. The molecule has 0 bridgehead atoms. The summed E-state index contributed by atoms with van der Waals surface area (Å²) < 4.78 is 16.6. The van der Waals surface area contributed by atoms with E-state index in [1.165, 1.54) is 0 Å². The molecule has 0 spiro atoms. The quantitative estimate of drug-likeness (QED) is 0.577. The van der Waals surface area contributed by atoms with Crippen LogP contribution in [0.1, 0.15) is 23.6 Å². The second-order valence-electron chi connectivity index (χ2n) is 7.42. The van der Waals surface area contributed by atoms with E-state index < -0.39 is 9.71 Å². The van der Waals surface area contributed by atoms with Gasteiger partial charge in [-0.1, -0.05) is 72.3 Å². The number of carbonyl (C=O) groups is 1. The van der Waals surface area contributed by atoms with Crippen LogP contribution in [0.5, 0.6) is 0 Å². The number of likely N-dealkylation sites (tertiary alicyclic amines) is 1. The Morgan fingerprint density at radius 2 is 1.57 bits per heavy atom. The van der Waals surface area contributed by atoms with Gasteiger partial charge in [0.1, 0.15) is 0 Å². The number of rotatable bonds is 6. The minimum atomic E-state index is -2.81. The van der Waals surface area contributed by atoms with Crippen molar-refractivity contribution in [2.45, 2.75) is 29.9 Å². The van der Waals surface area contributed by atoms with Gasteiger partial charge in [0.2, 0.25) is 5.91 Å². The topological polar surface area (TPSA) is 49.4 Å². The molecule has 0 aliphatic carbocycles. The molecule has 0 radical (unpaired) electrons. The van der Waals surface area contributed by atoms with Crippen molar-refractivity contribution in [2.24, 2.45) is 0 Å². The van der Waals surface area contributed by atoms with Crippen LogP contribution in [0.15, 0.2) is 89.8 Å². The third kappa shape index (κ3) is 4.43. The molecule has 3 atom stereocenters. The van der Waals surface area contributed by atoms with Gasteiger partial charge in [0, 0.05) is 22.9 Å². The van der Waals surface area contributed by atoms with Crippen molar-refractivity contribution in [1.29, 1.82) is 0 Å². The van der Waals surface area contributed by atoms with Gasteiger partial charge < -0.3 is 4.90 Å². The lowest BCUT2D eigenvalue weighted by atomic mass is 10.0. The summed E-state index contributed by atoms with van der Waals surface area (Å²) in [6, 6.07) is 26.0. The maximum absolute atomic E-state index is 13.4. The van der Waals surface area contributed by atoms with E-state index in [1.54, 1.807) is 24.3 Å². The molecule has 1 fully saturated rings. The van der Waals surface area contributed by atoms with Crippen LogP contribution in [-0.4, -0.2) is 26.9 Å². The summed E-state index contributed by atoms with van der Waals surface area (Å²) in [5.74, 6) is 3.96. The first-order valence-electron chi connectivity index (χ1n) is 9.72. The van der Waals surface area contributed by atoms with Gasteiger partial charge in [-0.05, 0) is 41.3 Å². The molecule has 0 saturated carbocycles. The predicted octanol–water partition coefficient (Wildman–Crippen LogP) is 4.46. The molecular formula is C24H23ClN2O2S. The second kappa shape index (κ2) is 8.64. The van der Waals surface area contributed by atoms with Gasteiger partial charge in [-0.2, -0.15) is 0 Å². The molecule has 1 amide bonds. The fourth-order valence-corrected chi connectivity index (χ4v) is 5.43. The Morgan fingerprint density at radius 3 is 2.20 bits per heavy atom. The molecule has 6 heteroatoms. The second-order valence-corrected chi connectivity index (χ2v) is 9.91. The van der Waals surface area contributed by atoms with E-state index in [0.717, 1.165) is 11.1 Å². The van der Waals surface area contributed by atoms with E-state index in [2.05, 4.69) is 10.6 Å². The van der Waals surface area contributed by atoms with Crippen molar-refractivity contribution in [2.75, 3.05) is 0 Å². The molecule has 154 valence electrons. The molecule has 1 N–H and O–H groups in total. The maximum atomic E-state index is 13.4. The average molecular weight is 439 g/mol. The molecule has 1 aliphatic heterocycles. The molecular weight excluding hydrogens is 416 g/mol. The molecule has 1 heterocycles. The fourth-order valence-electron chi connectivity index (χ4n) is 3.89. The predicted molar refractivity (Wildman–Crippen MR) is 123 cm³/mol. The van der Waals surface area contributed by atoms with Crippen LogP contribution in [0.3, 0.4) is 0 Å². The Morgan fingerprint density at radius 1 is 0.967 bits per heavy atom. The molecule has 1 saturated heterocycles. The molecule has 3 aromatic carbocycles. The third-order valence-corrected chi connectivity index (χ3v) is 7.27. The van der Waals surface area contributed by atoms with Crippen LogP contribution in [0.25, 0.3) is 0 Å². The Hall–Kier alpha value is -2.60. The van der Waals surface area contributed by atoms with Gasteiger partial charge in [0.25, 0.3) is 0 Å². The van der Waals surface area contributed by atoms with E-state index in [4.69, 9.17) is 11.6 Å². The van der Waals surface area contributed by atoms with E-state index in [9.17, 15) is 9.00 Å². The minimum absolute atomic E-state index is 0.0245. The van der Waals surface area contributed by atoms with Crippen molar-refractivity contribution in [3.05, 3.63) is 101 Å². The summed E-state index contributed by atoms with van der Waals surface area (Å²) >= 11 is 5.97. The van der Waals surface area contributed by atoms with Gasteiger partial charge >= 0.3 is 0 Å². The van der Waals surface area contributed by atoms with Crippen LogP contribution < -0.4 is 4.72 Å². The summed E-state index contributed by atoms with van der Waals surface area (Å²) in [5, 5.41) is 0.571. The molecule has 30 heavy (non-hydrogen) atoms. The highest BCUT2D eigenvalue weighted by molar-refractivity contribution is 7.98. The van der Waals surface area contributed by atoms with Crippen molar-refractivity contribution in [1.82, 2.24) is 9.62 Å². The number of benzene rings is 3. The summed E-state index contributed by atoms with van der Waals surface area (Å²) in [6.45, 7) is 0.497. The number of hydrogen-bond donors (Lipinski definition) is 1. The van der Waals surface area contributed by atoms with Crippen molar-refractivity contribution >= 4 is 33.1 Å². The van der Waals surface area contributed by atoms with Crippen LogP contribution in [0, 0.1) is 0 Å². The van der Waals surface area contributed by atoms with Crippen LogP contribution in [0.4, 0.5) is 0 Å². The van der Waals surface area contributed by atoms with E-state index in [0.29, 0.717) is 16.5 Å². The van der Waals surface area contributed by atoms with E-state index in [1.807, 2.05) is 65.6 Å². The molecule has 1 aliphatic rings. The Labute approximate surface area is 182 Å². The highest BCUT2D eigenvalue weighted by Gasteiger charge is 2.41. The van der Waals surface area contributed by atoms with Gasteiger partial charge in [-0.3, -0.25) is 4.79 Å². The average Bonchev–Trinajstić information content (AvgIpc) is 3.03.